The highest BCUT2D eigenvalue weighted by Crippen LogP contribution is 2.76. The monoisotopic (exact) mass is 1040 g/mol. The van der Waals surface area contributed by atoms with Gasteiger partial charge in [-0.15, -0.1) is 0 Å². The lowest BCUT2D eigenvalue weighted by Gasteiger charge is -2.71. The largest absolute Gasteiger partial charge is 0.394 e. The Hall–Kier alpha value is -2.66. The van der Waals surface area contributed by atoms with E-state index in [1.807, 2.05) is 36.1 Å². The number of nitrogens with zero attached hydrogens (tertiary/aromatic N) is 2. The number of hydrogen-bond donors (Lipinski definition) is 9. The molecule has 1 amide bonds. The van der Waals surface area contributed by atoms with Crippen molar-refractivity contribution in [2.24, 2.45) is 63.7 Å². The van der Waals surface area contributed by atoms with E-state index in [4.69, 9.17) is 28.4 Å². The molecule has 0 radical (unpaired) electrons. The topological polar surface area (TPSA) is 264 Å². The molecular formula is C56H85N3O15. The normalized spacial score (nSPS) is 50.2. The molecule has 4 saturated carbocycles. The van der Waals surface area contributed by atoms with Gasteiger partial charge in [0, 0.05) is 18.1 Å². The summed E-state index contributed by atoms with van der Waals surface area (Å²) in [5.74, 6) is 1.57. The molecule has 5 aliphatic carbocycles. The number of fused-ring (bicyclic) bond motifs is 8. The Kier molecular flexibility index (Phi) is 14.5. The van der Waals surface area contributed by atoms with Crippen LogP contribution in [0.25, 0.3) is 10.9 Å². The molecule has 7 fully saturated rings. The van der Waals surface area contributed by atoms with Gasteiger partial charge in [-0.05, 0) is 141 Å². The number of hydrogen-bond acceptors (Lipinski definition) is 16. The molecule has 2 aromatic rings. The van der Waals surface area contributed by atoms with Crippen molar-refractivity contribution in [3.63, 3.8) is 0 Å². The highest BCUT2D eigenvalue weighted by molar-refractivity contribution is 5.98. The zero-order valence-corrected chi connectivity index (χ0v) is 44.9. The molecule has 8 aliphatic rings. The molecule has 18 heteroatoms. The number of anilines is 1. The summed E-state index contributed by atoms with van der Waals surface area (Å²) in [7, 11) is 1.92. The second-order valence-corrected chi connectivity index (χ2v) is 25.6. The minimum Gasteiger partial charge on any atom is -0.394 e. The Morgan fingerprint density at radius 2 is 1.38 bits per heavy atom. The van der Waals surface area contributed by atoms with Crippen molar-refractivity contribution in [2.75, 3.05) is 11.9 Å². The Bertz CT molecular complexity index is 2420. The lowest BCUT2D eigenvalue weighted by molar-refractivity contribution is -0.393. The Morgan fingerprint density at radius 1 is 0.730 bits per heavy atom. The average Bonchev–Trinajstić information content (AvgIpc) is 3.75. The Balaban J connectivity index is 0.913. The molecule has 3 aliphatic heterocycles. The quantitative estimate of drug-likeness (QED) is 0.127. The number of rotatable bonds is 9. The highest BCUT2D eigenvalue weighted by atomic mass is 16.8. The Labute approximate surface area is 435 Å². The first-order chi connectivity index (χ1) is 34.8. The number of nitrogens with one attached hydrogen (secondary N) is 1. The second-order valence-electron chi connectivity index (χ2n) is 25.6. The second kappa shape index (κ2) is 19.6. The molecule has 18 nitrogen and oxygen atoms in total. The van der Waals surface area contributed by atoms with Crippen molar-refractivity contribution < 1.29 is 74.1 Å². The molecule has 1 aromatic carbocycles. The molecule has 1 aromatic heterocycles. The van der Waals surface area contributed by atoms with Crippen molar-refractivity contribution >= 4 is 22.5 Å². The summed E-state index contributed by atoms with van der Waals surface area (Å²) in [6, 6.07) is 6.06. The summed E-state index contributed by atoms with van der Waals surface area (Å²) in [6.45, 7) is 19.1. The lowest BCUT2D eigenvalue weighted by atomic mass is 9.33. The van der Waals surface area contributed by atoms with Crippen LogP contribution in [0, 0.1) is 56.7 Å². The molecule has 0 bridgehead atoms. The zero-order valence-electron chi connectivity index (χ0n) is 44.9. The molecule has 4 heterocycles. The molecule has 25 atom stereocenters. The maximum Gasteiger partial charge on any atom is 0.231 e. The minimum atomic E-state index is -1.74. The number of aromatic nitrogens is 2. The van der Waals surface area contributed by atoms with Gasteiger partial charge < -0.3 is 74.6 Å². The van der Waals surface area contributed by atoms with Crippen molar-refractivity contribution in [1.82, 2.24) is 9.78 Å². The molecule has 0 unspecified atom stereocenters. The zero-order chi connectivity index (χ0) is 53.4. The summed E-state index contributed by atoms with van der Waals surface area (Å²) in [6.07, 6.45) is -10.1. The van der Waals surface area contributed by atoms with E-state index in [1.54, 1.807) is 0 Å². The van der Waals surface area contributed by atoms with E-state index >= 15 is 4.79 Å². The number of carbonyl (C=O) groups is 1. The first-order valence-corrected chi connectivity index (χ1v) is 27.6. The fourth-order valence-electron chi connectivity index (χ4n) is 16.8. The van der Waals surface area contributed by atoms with Crippen molar-refractivity contribution in [3.8, 4) is 0 Å². The third-order valence-corrected chi connectivity index (χ3v) is 21.7. The predicted molar refractivity (Wildman–Crippen MR) is 269 cm³/mol. The van der Waals surface area contributed by atoms with Crippen LogP contribution < -0.4 is 5.32 Å². The van der Waals surface area contributed by atoms with Crippen LogP contribution in [-0.2, 0) is 40.3 Å². The molecule has 9 N–H and O–H groups in total. The fourth-order valence-corrected chi connectivity index (χ4v) is 16.8. The van der Waals surface area contributed by atoms with E-state index in [0.717, 1.165) is 68.0 Å². The van der Waals surface area contributed by atoms with Crippen LogP contribution in [0.15, 0.2) is 36.0 Å². The maximum absolute atomic E-state index is 15.0. The van der Waals surface area contributed by atoms with Gasteiger partial charge in [-0.3, -0.25) is 9.48 Å². The smallest absolute Gasteiger partial charge is 0.231 e. The van der Waals surface area contributed by atoms with Gasteiger partial charge in [-0.1, -0.05) is 60.1 Å². The third-order valence-electron chi connectivity index (χ3n) is 21.7. The molecule has 0 spiro atoms. The van der Waals surface area contributed by atoms with Crippen LogP contribution in [0.1, 0.15) is 120 Å². The number of allylic oxidation sites excluding steroid dienone is 2. The predicted octanol–water partition coefficient (Wildman–Crippen LogP) is 4.06. The SMILES string of the molecule is C[C@H]1[C@H](C)CC[C@]2(C(=O)Nc3ccc4c(cnn4C)c3)CC[C@]3(C)C(=CC[C@@H]4[C@@]5(C)CC[C@H](O[C@@H]6O[C@H](CO)[C@@H](O[C@@H]7O[C@@H](C)[C@H](O)[C@@H](O)[C@H]7O)[C@H](O)[C@H]6O[C@@H]6O[C@@H](C)[C@H](O)[C@@H](O)[C@H]6O)C(C)(C)[C@@H]5CC[C@]43C)[C@H]12. The van der Waals surface area contributed by atoms with Gasteiger partial charge in [0.2, 0.25) is 5.91 Å². The summed E-state index contributed by atoms with van der Waals surface area (Å²) in [4.78, 5) is 15.0. The highest BCUT2D eigenvalue weighted by Gasteiger charge is 2.70. The van der Waals surface area contributed by atoms with Crippen LogP contribution in [-0.4, -0.2) is 161 Å². The van der Waals surface area contributed by atoms with Crippen LogP contribution in [0.5, 0.6) is 0 Å². The summed E-state index contributed by atoms with van der Waals surface area (Å²) >= 11 is 0. The fraction of sp³-hybridized carbons (Fsp3) is 0.821. The molecule has 10 rings (SSSR count). The van der Waals surface area contributed by atoms with Gasteiger partial charge in [0.1, 0.15) is 61.0 Å². The lowest BCUT2D eigenvalue weighted by Crippen LogP contribution is -2.68. The van der Waals surface area contributed by atoms with E-state index in [-0.39, 0.29) is 34.0 Å². The molecule has 3 saturated heterocycles. The number of aryl methyl sites for hydroxylation is 1. The van der Waals surface area contributed by atoms with Crippen LogP contribution in [0.2, 0.25) is 0 Å². The van der Waals surface area contributed by atoms with Crippen molar-refractivity contribution in [3.05, 3.63) is 36.0 Å². The number of benzene rings is 1. The summed E-state index contributed by atoms with van der Waals surface area (Å²) in [5.41, 5.74) is 2.02. The molecule has 414 valence electrons. The first kappa shape index (κ1) is 54.7. The van der Waals surface area contributed by atoms with Gasteiger partial charge in [0.05, 0.1) is 42.0 Å². The average molecular weight is 1040 g/mol. The maximum atomic E-state index is 15.0. The van der Waals surface area contributed by atoms with Crippen LogP contribution in [0.4, 0.5) is 5.69 Å². The van der Waals surface area contributed by atoms with Crippen molar-refractivity contribution in [2.45, 2.75) is 218 Å². The standard InChI is InChI=1S/C56H85N3O15/c1-26-15-20-56(51(68)58-31-11-13-33-30(23-31)24-57-59(33)10)22-21-54(8)32(38(56)27(26)2)12-14-36-53(7)18-17-37(52(5,6)35(53)16-19-55(36,54)9)72-50-47(74-49-44(66)42(64)40(62)29(4)70-49)45(67)46(34(25-60)71-50)73-48-43(65)41(63)39(61)28(3)69-48/h11-13,23-24,26-29,34-50,60-67H,14-22,25H2,1-10H3,(H,58,68)/t26-,27+,28+,29+,34-,35+,36-,37+,38+,39+,40+,41-,42-,43-,44-,45+,46-,47-,48+,49+,50+,53+,54-,55-,56+/m1/s1. The van der Waals surface area contributed by atoms with Crippen LogP contribution >= 0.6 is 0 Å². The molecular weight excluding hydrogens is 955 g/mol. The van der Waals surface area contributed by atoms with Gasteiger partial charge in [0.15, 0.2) is 18.9 Å². The number of aliphatic hydroxyl groups excluding tert-OH is 8. The van der Waals surface area contributed by atoms with Gasteiger partial charge in [-0.2, -0.15) is 5.10 Å². The third kappa shape index (κ3) is 8.40. The summed E-state index contributed by atoms with van der Waals surface area (Å²) < 4.78 is 39.3. The molecule has 74 heavy (non-hydrogen) atoms. The minimum absolute atomic E-state index is 0.0585. The van der Waals surface area contributed by atoms with E-state index in [0.29, 0.717) is 24.2 Å². The van der Waals surface area contributed by atoms with E-state index < -0.39 is 116 Å². The number of amides is 1. The van der Waals surface area contributed by atoms with Gasteiger partial charge in [0.25, 0.3) is 0 Å². The van der Waals surface area contributed by atoms with E-state index in [9.17, 15) is 40.9 Å². The summed E-state index contributed by atoms with van der Waals surface area (Å²) in [5, 5.41) is 96.1. The van der Waals surface area contributed by atoms with Crippen LogP contribution in [0.3, 0.4) is 0 Å². The number of carbonyl (C=O) groups excluding carboxylic acids is 1. The van der Waals surface area contributed by atoms with Crippen molar-refractivity contribution in [1.29, 1.82) is 0 Å². The van der Waals surface area contributed by atoms with Gasteiger partial charge >= 0.3 is 0 Å². The van der Waals surface area contributed by atoms with Gasteiger partial charge in [-0.25, -0.2) is 0 Å². The number of aliphatic hydroxyl groups is 8. The van der Waals surface area contributed by atoms with E-state index in [1.165, 1.54) is 19.4 Å². The first-order valence-electron chi connectivity index (χ1n) is 27.6. The Morgan fingerprint density at radius 3 is 2.03 bits per heavy atom. The number of ether oxygens (including phenoxy) is 6. The van der Waals surface area contributed by atoms with E-state index in [2.05, 4.69) is 65.0 Å².